The molecule has 1 fully saturated rings. The molecule has 2 heterocycles. The van der Waals surface area contributed by atoms with E-state index in [1.807, 2.05) is 10.9 Å². The van der Waals surface area contributed by atoms with Crippen LogP contribution in [0.1, 0.15) is 24.6 Å². The van der Waals surface area contributed by atoms with Gasteiger partial charge in [0.2, 0.25) is 0 Å². The predicted octanol–water partition coefficient (Wildman–Crippen LogP) is 1.44. The predicted molar refractivity (Wildman–Crippen MR) is 58.4 cm³/mol. The molecular formula is C9H15BrN4. The average Bonchev–Trinajstić information content (AvgIpc) is 2.67. The highest BCUT2D eigenvalue weighted by Crippen LogP contribution is 2.20. The first kappa shape index (κ1) is 10.1. The summed E-state index contributed by atoms with van der Waals surface area (Å²) >= 11 is 3.38. The molecule has 1 aliphatic rings. The number of aromatic nitrogens is 3. The molecule has 1 aromatic rings. The van der Waals surface area contributed by atoms with E-state index in [0.717, 1.165) is 24.1 Å². The van der Waals surface area contributed by atoms with Crippen LogP contribution in [0.4, 0.5) is 0 Å². The van der Waals surface area contributed by atoms with Crippen LogP contribution in [0, 0.1) is 0 Å². The third-order valence-corrected chi connectivity index (χ3v) is 3.33. The van der Waals surface area contributed by atoms with E-state index < -0.39 is 0 Å². The maximum Gasteiger partial charge on any atom is 0.0932 e. The molecule has 0 bridgehead atoms. The van der Waals surface area contributed by atoms with Crippen LogP contribution >= 0.6 is 15.9 Å². The first-order valence-electron chi connectivity index (χ1n) is 4.95. The number of hydrogen-bond acceptors (Lipinski definition) is 3. The normalized spacial score (nSPS) is 20.1. The molecule has 1 aromatic heterocycles. The number of piperidine rings is 1. The lowest BCUT2D eigenvalue weighted by Gasteiger charge is -2.28. The minimum atomic E-state index is 0.548. The van der Waals surface area contributed by atoms with Crippen molar-refractivity contribution in [1.82, 2.24) is 19.9 Å². The van der Waals surface area contributed by atoms with Crippen molar-refractivity contribution in [1.29, 1.82) is 0 Å². The molecule has 0 unspecified atom stereocenters. The second kappa shape index (κ2) is 4.40. The number of nitrogens with zero attached hydrogens (tertiary/aromatic N) is 4. The zero-order valence-corrected chi connectivity index (χ0v) is 9.94. The highest BCUT2D eigenvalue weighted by atomic mass is 79.9. The van der Waals surface area contributed by atoms with Gasteiger partial charge in [-0.25, -0.2) is 4.68 Å². The summed E-state index contributed by atoms with van der Waals surface area (Å²) in [7, 11) is 2.17. The van der Waals surface area contributed by atoms with Crippen molar-refractivity contribution < 1.29 is 0 Å². The lowest BCUT2D eigenvalue weighted by molar-refractivity contribution is 0.210. The molecular weight excluding hydrogens is 244 g/mol. The Morgan fingerprint density at radius 3 is 2.79 bits per heavy atom. The molecule has 1 saturated heterocycles. The molecule has 0 radical (unpaired) electrons. The minimum absolute atomic E-state index is 0.548. The van der Waals surface area contributed by atoms with Crippen molar-refractivity contribution >= 4 is 15.9 Å². The minimum Gasteiger partial charge on any atom is -0.306 e. The Bertz CT molecular complexity index is 291. The van der Waals surface area contributed by atoms with Gasteiger partial charge in [-0.2, -0.15) is 0 Å². The van der Waals surface area contributed by atoms with E-state index in [1.54, 1.807) is 0 Å². The maximum atomic E-state index is 4.15. The Kier molecular flexibility index (Phi) is 3.18. The summed E-state index contributed by atoms with van der Waals surface area (Å²) in [5, 5.41) is 9.03. The van der Waals surface area contributed by atoms with E-state index >= 15 is 0 Å². The van der Waals surface area contributed by atoms with Crippen LogP contribution in [0.25, 0.3) is 0 Å². The molecule has 5 heteroatoms. The Morgan fingerprint density at radius 1 is 1.50 bits per heavy atom. The number of likely N-dealkylation sites (tertiary alicyclic amines) is 1. The fraction of sp³-hybridized carbons (Fsp3) is 0.778. The molecule has 0 amide bonds. The van der Waals surface area contributed by atoms with Crippen LogP contribution in [0.3, 0.4) is 0 Å². The Hall–Kier alpha value is -0.420. The van der Waals surface area contributed by atoms with Crippen LogP contribution in [0.2, 0.25) is 0 Å². The number of halogens is 1. The monoisotopic (exact) mass is 258 g/mol. The zero-order valence-electron chi connectivity index (χ0n) is 8.36. The summed E-state index contributed by atoms with van der Waals surface area (Å²) in [6.07, 6.45) is 4.41. The molecule has 0 aliphatic carbocycles. The fourth-order valence-electron chi connectivity index (χ4n) is 1.81. The van der Waals surface area contributed by atoms with Crippen molar-refractivity contribution in [3.8, 4) is 0 Å². The SMILES string of the molecule is CN1CCC(n2cc(CBr)nn2)CC1. The highest BCUT2D eigenvalue weighted by Gasteiger charge is 2.19. The van der Waals surface area contributed by atoms with Crippen LogP contribution in [0.15, 0.2) is 6.20 Å². The van der Waals surface area contributed by atoms with Gasteiger partial charge in [-0.1, -0.05) is 21.1 Å². The lowest BCUT2D eigenvalue weighted by Crippen LogP contribution is -2.31. The summed E-state index contributed by atoms with van der Waals surface area (Å²) in [4.78, 5) is 2.36. The summed E-state index contributed by atoms with van der Waals surface area (Å²) in [5.41, 5.74) is 1.02. The van der Waals surface area contributed by atoms with Gasteiger partial charge in [0.15, 0.2) is 0 Å². The van der Waals surface area contributed by atoms with Gasteiger partial charge in [0.25, 0.3) is 0 Å². The van der Waals surface area contributed by atoms with E-state index in [1.165, 1.54) is 12.8 Å². The second-order valence-corrected chi connectivity index (χ2v) is 4.42. The van der Waals surface area contributed by atoms with Crippen molar-refractivity contribution in [2.24, 2.45) is 0 Å². The van der Waals surface area contributed by atoms with E-state index in [0.29, 0.717) is 6.04 Å². The molecule has 78 valence electrons. The van der Waals surface area contributed by atoms with Gasteiger partial charge in [-0.05, 0) is 33.0 Å². The molecule has 4 nitrogen and oxygen atoms in total. The summed E-state index contributed by atoms with van der Waals surface area (Å²) < 4.78 is 2.02. The summed E-state index contributed by atoms with van der Waals surface area (Å²) in [6.45, 7) is 2.32. The molecule has 0 spiro atoms. The molecule has 0 N–H and O–H groups in total. The molecule has 0 atom stereocenters. The zero-order chi connectivity index (χ0) is 9.97. The second-order valence-electron chi connectivity index (χ2n) is 3.86. The van der Waals surface area contributed by atoms with Gasteiger partial charge in [0.05, 0.1) is 11.7 Å². The van der Waals surface area contributed by atoms with E-state index in [-0.39, 0.29) is 0 Å². The number of alkyl halides is 1. The van der Waals surface area contributed by atoms with E-state index in [4.69, 9.17) is 0 Å². The van der Waals surface area contributed by atoms with Crippen molar-refractivity contribution in [3.05, 3.63) is 11.9 Å². The van der Waals surface area contributed by atoms with Gasteiger partial charge in [-0.15, -0.1) is 5.10 Å². The molecule has 0 saturated carbocycles. The quantitative estimate of drug-likeness (QED) is 0.754. The number of rotatable bonds is 2. The number of hydrogen-bond donors (Lipinski definition) is 0. The lowest BCUT2D eigenvalue weighted by atomic mass is 10.1. The van der Waals surface area contributed by atoms with Crippen LogP contribution < -0.4 is 0 Å². The first-order valence-corrected chi connectivity index (χ1v) is 6.07. The smallest absolute Gasteiger partial charge is 0.0932 e. The van der Waals surface area contributed by atoms with Crippen molar-refractivity contribution in [2.45, 2.75) is 24.2 Å². The van der Waals surface area contributed by atoms with Crippen LogP contribution in [0.5, 0.6) is 0 Å². The summed E-state index contributed by atoms with van der Waals surface area (Å²) in [6, 6.07) is 0.548. The van der Waals surface area contributed by atoms with Gasteiger partial charge >= 0.3 is 0 Å². The van der Waals surface area contributed by atoms with Gasteiger partial charge in [-0.3, -0.25) is 0 Å². The van der Waals surface area contributed by atoms with Crippen LogP contribution in [-0.2, 0) is 5.33 Å². The Morgan fingerprint density at radius 2 is 2.21 bits per heavy atom. The molecule has 14 heavy (non-hydrogen) atoms. The third kappa shape index (κ3) is 2.15. The first-order chi connectivity index (χ1) is 6.79. The standard InChI is InChI=1S/C9H15BrN4/c1-13-4-2-9(3-5-13)14-7-8(6-10)11-12-14/h7,9H,2-6H2,1H3. The molecule has 2 rings (SSSR count). The third-order valence-electron chi connectivity index (χ3n) is 2.76. The largest absolute Gasteiger partial charge is 0.306 e. The maximum absolute atomic E-state index is 4.15. The summed E-state index contributed by atoms with van der Waals surface area (Å²) in [5.74, 6) is 0. The van der Waals surface area contributed by atoms with Gasteiger partial charge < -0.3 is 4.90 Å². The Labute approximate surface area is 92.4 Å². The van der Waals surface area contributed by atoms with E-state index in [2.05, 4.69) is 38.2 Å². The van der Waals surface area contributed by atoms with Crippen molar-refractivity contribution in [2.75, 3.05) is 20.1 Å². The fourth-order valence-corrected chi connectivity index (χ4v) is 2.07. The molecule has 0 aromatic carbocycles. The van der Waals surface area contributed by atoms with Gasteiger partial charge in [0, 0.05) is 11.5 Å². The molecule has 1 aliphatic heterocycles. The van der Waals surface area contributed by atoms with Crippen molar-refractivity contribution in [3.63, 3.8) is 0 Å². The Balaban J connectivity index is 2.01. The topological polar surface area (TPSA) is 34.0 Å². The van der Waals surface area contributed by atoms with E-state index in [9.17, 15) is 0 Å². The van der Waals surface area contributed by atoms with Crippen LogP contribution in [-0.4, -0.2) is 40.0 Å². The average molecular weight is 259 g/mol. The van der Waals surface area contributed by atoms with Gasteiger partial charge in [0.1, 0.15) is 0 Å². The highest BCUT2D eigenvalue weighted by molar-refractivity contribution is 9.08.